The van der Waals surface area contributed by atoms with E-state index in [4.69, 9.17) is 9.15 Å². The number of nitrogens with one attached hydrogen (secondary N) is 1. The molecule has 3 rings (SSSR count). The first kappa shape index (κ1) is 17.5. The zero-order valence-corrected chi connectivity index (χ0v) is 13.3. The van der Waals surface area contributed by atoms with E-state index < -0.39 is 12.1 Å². The summed E-state index contributed by atoms with van der Waals surface area (Å²) in [6.07, 6.45) is -3.98. The van der Waals surface area contributed by atoms with E-state index in [0.29, 0.717) is 17.9 Å². The highest BCUT2D eigenvalue weighted by Gasteiger charge is 2.39. The van der Waals surface area contributed by atoms with Gasteiger partial charge in [0, 0.05) is 5.56 Å². The monoisotopic (exact) mass is 362 g/mol. The third kappa shape index (κ3) is 4.41. The molecule has 0 atom stereocenters. The van der Waals surface area contributed by atoms with Crippen LogP contribution in [0.1, 0.15) is 5.56 Å². The zero-order chi connectivity index (χ0) is 18.6. The van der Waals surface area contributed by atoms with Crippen LogP contribution >= 0.6 is 0 Å². The Kier molecular flexibility index (Phi) is 4.92. The summed E-state index contributed by atoms with van der Waals surface area (Å²) in [5.41, 5.74) is 1.55. The van der Waals surface area contributed by atoms with Gasteiger partial charge in [0.05, 0.1) is 6.20 Å². The van der Waals surface area contributed by atoms with Crippen molar-refractivity contribution in [2.75, 3.05) is 5.32 Å². The number of oxazole rings is 1. The molecule has 26 heavy (non-hydrogen) atoms. The number of ether oxygens (including phenoxy) is 1. The van der Waals surface area contributed by atoms with Gasteiger partial charge in [-0.25, -0.2) is 4.98 Å². The number of halogens is 3. The molecule has 0 unspecified atom stereocenters. The number of nitrogens with zero attached hydrogens (tertiary/aromatic N) is 1. The number of alkyl halides is 3. The van der Waals surface area contributed by atoms with Gasteiger partial charge in [0.25, 0.3) is 0 Å². The number of hydrogen-bond donors (Lipinski definition) is 1. The van der Waals surface area contributed by atoms with Crippen molar-refractivity contribution in [3.63, 3.8) is 0 Å². The van der Waals surface area contributed by atoms with E-state index in [2.05, 4.69) is 4.98 Å². The first-order chi connectivity index (χ1) is 12.4. The van der Waals surface area contributed by atoms with Crippen molar-refractivity contribution >= 4 is 11.8 Å². The molecule has 0 aliphatic heterocycles. The number of aromatic nitrogens is 1. The molecule has 0 spiro atoms. The maximum atomic E-state index is 12.2. The molecule has 3 aromatic rings. The molecule has 2 aromatic carbocycles. The summed E-state index contributed by atoms with van der Waals surface area (Å²) in [7, 11) is 0. The molecular formula is C18H13F3N2O3. The molecule has 1 aromatic heterocycles. The summed E-state index contributed by atoms with van der Waals surface area (Å²) < 4.78 is 47.4. The average molecular weight is 362 g/mol. The molecule has 1 heterocycles. The normalized spacial score (nSPS) is 11.2. The number of anilines is 1. The molecule has 134 valence electrons. The number of carbonyl (C=O) groups is 1. The highest BCUT2D eigenvalue weighted by molar-refractivity contribution is 5.93. The molecule has 1 N–H and O–H groups in total. The van der Waals surface area contributed by atoms with E-state index in [0.717, 1.165) is 11.8 Å². The molecule has 5 nitrogen and oxygen atoms in total. The summed E-state index contributed by atoms with van der Waals surface area (Å²) in [6, 6.07) is 16.3. The molecule has 0 radical (unpaired) electrons. The fourth-order valence-electron chi connectivity index (χ4n) is 2.08. The molecule has 0 saturated heterocycles. The Bertz CT molecular complexity index is 875. The smallest absolute Gasteiger partial charge is 0.471 e. The van der Waals surface area contributed by atoms with E-state index in [1.54, 1.807) is 29.6 Å². The van der Waals surface area contributed by atoms with Gasteiger partial charge in [-0.2, -0.15) is 13.2 Å². The number of carbonyl (C=O) groups excluding carboxylic acids is 1. The van der Waals surface area contributed by atoms with Crippen molar-refractivity contribution in [1.82, 2.24) is 4.98 Å². The second kappa shape index (κ2) is 7.30. The van der Waals surface area contributed by atoms with Gasteiger partial charge in [0.1, 0.15) is 12.4 Å². The second-order valence-electron chi connectivity index (χ2n) is 5.28. The first-order valence-corrected chi connectivity index (χ1v) is 7.53. The Morgan fingerprint density at radius 3 is 2.42 bits per heavy atom. The standard InChI is InChI=1S/C18H13F3N2O3/c19-18(20,21)17(24)23-15-10-22-16(26-15)13-6-8-14(9-7-13)25-11-12-4-2-1-3-5-12/h1-10H,11H2,(H,23,24). The fraction of sp³-hybridized carbons (Fsp3) is 0.111. The highest BCUT2D eigenvalue weighted by atomic mass is 19.4. The minimum absolute atomic E-state index is 0.0806. The van der Waals surface area contributed by atoms with Crippen LogP contribution in [-0.2, 0) is 11.4 Å². The van der Waals surface area contributed by atoms with Crippen LogP contribution in [0, 0.1) is 0 Å². The molecule has 0 aliphatic carbocycles. The summed E-state index contributed by atoms with van der Waals surface area (Å²) in [6.45, 7) is 0.410. The molecule has 0 aliphatic rings. The number of rotatable bonds is 5. The van der Waals surface area contributed by atoms with Crippen molar-refractivity contribution in [3.8, 4) is 17.2 Å². The molecular weight excluding hydrogens is 349 g/mol. The van der Waals surface area contributed by atoms with Crippen LogP contribution in [0.3, 0.4) is 0 Å². The number of hydrogen-bond acceptors (Lipinski definition) is 4. The Morgan fingerprint density at radius 1 is 1.08 bits per heavy atom. The fourth-order valence-corrected chi connectivity index (χ4v) is 2.08. The Labute approximate surface area is 146 Å². The maximum absolute atomic E-state index is 12.2. The zero-order valence-electron chi connectivity index (χ0n) is 13.3. The van der Waals surface area contributed by atoms with Crippen LogP contribution in [0.2, 0.25) is 0 Å². The maximum Gasteiger partial charge on any atom is 0.471 e. The van der Waals surface area contributed by atoms with Crippen LogP contribution in [0.5, 0.6) is 5.75 Å². The minimum Gasteiger partial charge on any atom is -0.489 e. The van der Waals surface area contributed by atoms with E-state index >= 15 is 0 Å². The van der Waals surface area contributed by atoms with E-state index in [1.807, 2.05) is 30.3 Å². The van der Waals surface area contributed by atoms with Gasteiger partial charge in [-0.1, -0.05) is 30.3 Å². The van der Waals surface area contributed by atoms with Gasteiger partial charge in [0.15, 0.2) is 0 Å². The third-order valence-corrected chi connectivity index (χ3v) is 3.35. The van der Waals surface area contributed by atoms with Gasteiger partial charge >= 0.3 is 12.1 Å². The van der Waals surface area contributed by atoms with Gasteiger partial charge in [0.2, 0.25) is 11.8 Å². The third-order valence-electron chi connectivity index (χ3n) is 3.35. The van der Waals surface area contributed by atoms with Crippen LogP contribution < -0.4 is 10.1 Å². The van der Waals surface area contributed by atoms with Crippen LogP contribution in [0.25, 0.3) is 11.5 Å². The van der Waals surface area contributed by atoms with Crippen molar-refractivity contribution in [2.24, 2.45) is 0 Å². The van der Waals surface area contributed by atoms with Gasteiger partial charge in [-0.15, -0.1) is 0 Å². The van der Waals surface area contributed by atoms with E-state index in [9.17, 15) is 18.0 Å². The molecule has 8 heteroatoms. The molecule has 0 fully saturated rings. The predicted octanol–water partition coefficient (Wildman–Crippen LogP) is 4.42. The predicted molar refractivity (Wildman–Crippen MR) is 87.4 cm³/mol. The van der Waals surface area contributed by atoms with Crippen LogP contribution in [0.15, 0.2) is 65.2 Å². The molecule has 1 amide bonds. The van der Waals surface area contributed by atoms with Gasteiger partial charge in [-0.3, -0.25) is 10.1 Å². The van der Waals surface area contributed by atoms with E-state index in [-0.39, 0.29) is 11.8 Å². The van der Waals surface area contributed by atoms with Crippen molar-refractivity contribution in [2.45, 2.75) is 12.8 Å². The summed E-state index contributed by atoms with van der Waals surface area (Å²) in [5.74, 6) is -1.80. The van der Waals surface area contributed by atoms with E-state index in [1.165, 1.54) is 0 Å². The Balaban J connectivity index is 1.63. The van der Waals surface area contributed by atoms with Crippen molar-refractivity contribution in [1.29, 1.82) is 0 Å². The average Bonchev–Trinajstić information content (AvgIpc) is 3.09. The largest absolute Gasteiger partial charge is 0.489 e. The lowest BCUT2D eigenvalue weighted by atomic mass is 10.2. The Hall–Kier alpha value is -3.29. The second-order valence-corrected chi connectivity index (χ2v) is 5.28. The number of benzene rings is 2. The highest BCUT2D eigenvalue weighted by Crippen LogP contribution is 2.25. The van der Waals surface area contributed by atoms with Crippen molar-refractivity contribution in [3.05, 3.63) is 66.4 Å². The van der Waals surface area contributed by atoms with Gasteiger partial charge in [-0.05, 0) is 29.8 Å². The summed E-state index contributed by atoms with van der Waals surface area (Å²) in [4.78, 5) is 14.7. The van der Waals surface area contributed by atoms with Crippen LogP contribution in [0.4, 0.5) is 19.1 Å². The number of amides is 1. The summed E-state index contributed by atoms with van der Waals surface area (Å²) >= 11 is 0. The lowest BCUT2D eigenvalue weighted by Crippen LogP contribution is -2.29. The minimum atomic E-state index is -5.00. The lowest BCUT2D eigenvalue weighted by Gasteiger charge is -2.06. The summed E-state index contributed by atoms with van der Waals surface area (Å²) in [5, 5.41) is 1.60. The SMILES string of the molecule is O=C(Nc1cnc(-c2ccc(OCc3ccccc3)cc2)o1)C(F)(F)F. The van der Waals surface area contributed by atoms with Crippen molar-refractivity contribution < 1.29 is 27.1 Å². The van der Waals surface area contributed by atoms with Crippen LogP contribution in [-0.4, -0.2) is 17.1 Å². The quantitative estimate of drug-likeness (QED) is 0.730. The Morgan fingerprint density at radius 2 is 1.77 bits per heavy atom. The van der Waals surface area contributed by atoms with Gasteiger partial charge < -0.3 is 9.15 Å². The first-order valence-electron chi connectivity index (χ1n) is 7.53. The molecule has 0 saturated carbocycles. The topological polar surface area (TPSA) is 64.4 Å². The lowest BCUT2D eigenvalue weighted by molar-refractivity contribution is -0.167. The molecule has 0 bridgehead atoms.